The predicted molar refractivity (Wildman–Crippen MR) is 61.7 cm³/mol. The van der Waals surface area contributed by atoms with Gasteiger partial charge in [-0.1, -0.05) is 17.7 Å². The summed E-state index contributed by atoms with van der Waals surface area (Å²) in [6, 6.07) is 5.52. The fourth-order valence-corrected chi connectivity index (χ4v) is 2.32. The average molecular weight is 241 g/mol. The van der Waals surface area contributed by atoms with Crippen LogP contribution < -0.4 is 10.6 Å². The van der Waals surface area contributed by atoms with E-state index in [1.807, 2.05) is 19.1 Å². The maximum atomic E-state index is 10.8. The Hall–Kier alpha value is -1.26. The van der Waals surface area contributed by atoms with Crippen molar-refractivity contribution in [3.63, 3.8) is 0 Å². The first kappa shape index (κ1) is 11.2. The van der Waals surface area contributed by atoms with Gasteiger partial charge in [-0.25, -0.2) is 4.79 Å². The molecule has 1 unspecified atom stereocenters. The van der Waals surface area contributed by atoms with E-state index >= 15 is 0 Å². The number of hydrogen-bond donors (Lipinski definition) is 3. The molecule has 1 heterocycles. The maximum absolute atomic E-state index is 10.8. The fraction of sp³-hybridized carbons (Fsp3) is 0.364. The zero-order valence-electron chi connectivity index (χ0n) is 8.88. The molecule has 3 N–H and O–H groups in total. The molecule has 1 amide bonds. The molecule has 1 aromatic carbocycles. The van der Waals surface area contributed by atoms with Crippen LogP contribution in [0.2, 0.25) is 5.02 Å². The van der Waals surface area contributed by atoms with E-state index in [4.69, 9.17) is 16.7 Å². The summed E-state index contributed by atoms with van der Waals surface area (Å²) in [4.78, 5) is 10.8. The standard InChI is InChI=1S/C11H13ClN2O2/c1-11(14-10(15)16)9-3-2-8(12)6-7(9)4-5-13-11/h2-3,6,13-14H,4-5H2,1H3,(H,15,16). The molecule has 1 aliphatic heterocycles. The van der Waals surface area contributed by atoms with Crippen LogP contribution in [0, 0.1) is 0 Å². The fourth-order valence-electron chi connectivity index (χ4n) is 2.12. The molecular formula is C11H13ClN2O2. The first-order valence-electron chi connectivity index (χ1n) is 5.06. The zero-order chi connectivity index (χ0) is 11.8. The lowest BCUT2D eigenvalue weighted by atomic mass is 9.90. The van der Waals surface area contributed by atoms with Crippen LogP contribution in [0.25, 0.3) is 0 Å². The molecular weight excluding hydrogens is 228 g/mol. The Bertz CT molecular complexity index is 436. The number of amides is 1. The molecule has 0 aliphatic carbocycles. The highest BCUT2D eigenvalue weighted by atomic mass is 35.5. The highest BCUT2D eigenvalue weighted by molar-refractivity contribution is 6.30. The van der Waals surface area contributed by atoms with Crippen LogP contribution in [0.1, 0.15) is 18.1 Å². The van der Waals surface area contributed by atoms with Gasteiger partial charge in [0.15, 0.2) is 0 Å². The van der Waals surface area contributed by atoms with Crippen LogP contribution in [0.5, 0.6) is 0 Å². The van der Waals surface area contributed by atoms with Gasteiger partial charge in [-0.15, -0.1) is 0 Å². The Labute approximate surface area is 98.6 Å². The summed E-state index contributed by atoms with van der Waals surface area (Å²) in [6.45, 7) is 2.54. The van der Waals surface area contributed by atoms with Gasteiger partial charge in [0, 0.05) is 11.6 Å². The number of halogens is 1. The Morgan fingerprint density at radius 2 is 2.38 bits per heavy atom. The van der Waals surface area contributed by atoms with E-state index < -0.39 is 11.8 Å². The minimum Gasteiger partial charge on any atom is -0.465 e. The second-order valence-corrected chi connectivity index (χ2v) is 4.47. The lowest BCUT2D eigenvalue weighted by Crippen LogP contribution is -2.56. The quantitative estimate of drug-likeness (QED) is 0.703. The second kappa shape index (κ2) is 3.96. The molecule has 0 bridgehead atoms. The summed E-state index contributed by atoms with van der Waals surface area (Å²) in [6.07, 6.45) is -0.190. The van der Waals surface area contributed by atoms with Crippen molar-refractivity contribution in [3.8, 4) is 0 Å². The van der Waals surface area contributed by atoms with Crippen molar-refractivity contribution >= 4 is 17.7 Å². The number of hydrogen-bond acceptors (Lipinski definition) is 2. The molecule has 2 rings (SSSR count). The highest BCUT2D eigenvalue weighted by Crippen LogP contribution is 2.28. The molecule has 0 fully saturated rings. The smallest absolute Gasteiger partial charge is 0.406 e. The summed E-state index contributed by atoms with van der Waals surface area (Å²) in [5.41, 5.74) is 1.29. The molecule has 86 valence electrons. The minimum absolute atomic E-state index is 0.679. The number of nitrogens with one attached hydrogen (secondary N) is 2. The first-order valence-corrected chi connectivity index (χ1v) is 5.44. The normalized spacial score (nSPS) is 23.6. The molecule has 5 heteroatoms. The van der Waals surface area contributed by atoms with E-state index in [9.17, 15) is 4.79 Å². The van der Waals surface area contributed by atoms with Gasteiger partial charge in [-0.3, -0.25) is 10.6 Å². The van der Waals surface area contributed by atoms with Gasteiger partial charge >= 0.3 is 6.09 Å². The monoisotopic (exact) mass is 240 g/mol. The predicted octanol–water partition coefficient (Wildman–Crippen LogP) is 1.93. The van der Waals surface area contributed by atoms with E-state index in [0.29, 0.717) is 5.02 Å². The molecule has 4 nitrogen and oxygen atoms in total. The van der Waals surface area contributed by atoms with Crippen molar-refractivity contribution in [1.29, 1.82) is 0 Å². The molecule has 0 spiro atoms. The maximum Gasteiger partial charge on any atom is 0.406 e. The van der Waals surface area contributed by atoms with E-state index in [0.717, 1.165) is 24.1 Å². The van der Waals surface area contributed by atoms with Gasteiger partial charge < -0.3 is 5.11 Å². The zero-order valence-corrected chi connectivity index (χ0v) is 9.64. The summed E-state index contributed by atoms with van der Waals surface area (Å²) >= 11 is 5.92. The van der Waals surface area contributed by atoms with E-state index in [2.05, 4.69) is 10.6 Å². The summed E-state index contributed by atoms with van der Waals surface area (Å²) in [5, 5.41) is 15.2. The van der Waals surface area contributed by atoms with Gasteiger partial charge in [-0.05, 0) is 36.6 Å². The van der Waals surface area contributed by atoms with E-state index in [1.54, 1.807) is 6.07 Å². The Balaban J connectivity index is 2.43. The summed E-state index contributed by atoms with van der Waals surface area (Å²) < 4.78 is 0. The summed E-state index contributed by atoms with van der Waals surface area (Å²) in [5.74, 6) is 0. The number of fused-ring (bicyclic) bond motifs is 1. The number of carbonyl (C=O) groups is 1. The van der Waals surface area contributed by atoms with Crippen LogP contribution in [0.15, 0.2) is 18.2 Å². The van der Waals surface area contributed by atoms with Crippen molar-refractivity contribution in [2.75, 3.05) is 6.54 Å². The molecule has 16 heavy (non-hydrogen) atoms. The van der Waals surface area contributed by atoms with Crippen molar-refractivity contribution in [2.24, 2.45) is 0 Å². The Kier molecular flexibility index (Phi) is 2.78. The average Bonchev–Trinajstić information content (AvgIpc) is 2.15. The number of benzene rings is 1. The van der Waals surface area contributed by atoms with Gasteiger partial charge in [0.2, 0.25) is 0 Å². The Morgan fingerprint density at radius 1 is 1.62 bits per heavy atom. The van der Waals surface area contributed by atoms with Crippen LogP contribution in [-0.2, 0) is 12.1 Å². The van der Waals surface area contributed by atoms with Crippen LogP contribution >= 0.6 is 11.6 Å². The molecule has 0 saturated carbocycles. The van der Waals surface area contributed by atoms with Crippen LogP contribution in [-0.4, -0.2) is 17.7 Å². The number of carboxylic acid groups (broad SMARTS) is 1. The lowest BCUT2D eigenvalue weighted by Gasteiger charge is -2.36. The van der Waals surface area contributed by atoms with Crippen molar-refractivity contribution < 1.29 is 9.90 Å². The van der Waals surface area contributed by atoms with Gasteiger partial charge in [0.1, 0.15) is 5.66 Å². The van der Waals surface area contributed by atoms with Crippen molar-refractivity contribution in [2.45, 2.75) is 19.0 Å². The SMILES string of the molecule is CC1(NC(=O)O)NCCc2cc(Cl)ccc21. The largest absolute Gasteiger partial charge is 0.465 e. The highest BCUT2D eigenvalue weighted by Gasteiger charge is 2.32. The Morgan fingerprint density at radius 3 is 3.06 bits per heavy atom. The molecule has 0 radical (unpaired) electrons. The van der Waals surface area contributed by atoms with Gasteiger partial charge in [-0.2, -0.15) is 0 Å². The first-order chi connectivity index (χ1) is 7.51. The number of rotatable bonds is 1. The lowest BCUT2D eigenvalue weighted by molar-refractivity contribution is 0.169. The van der Waals surface area contributed by atoms with Gasteiger partial charge in [0.25, 0.3) is 0 Å². The van der Waals surface area contributed by atoms with Crippen molar-refractivity contribution in [1.82, 2.24) is 10.6 Å². The van der Waals surface area contributed by atoms with Crippen LogP contribution in [0.3, 0.4) is 0 Å². The van der Waals surface area contributed by atoms with E-state index in [-0.39, 0.29) is 0 Å². The minimum atomic E-state index is -1.04. The molecule has 1 atom stereocenters. The third kappa shape index (κ3) is 1.99. The third-order valence-electron chi connectivity index (χ3n) is 2.84. The molecule has 0 aromatic heterocycles. The molecule has 1 aliphatic rings. The molecule has 0 saturated heterocycles. The third-order valence-corrected chi connectivity index (χ3v) is 3.07. The second-order valence-electron chi connectivity index (χ2n) is 4.03. The topological polar surface area (TPSA) is 61.4 Å². The van der Waals surface area contributed by atoms with E-state index in [1.165, 1.54) is 0 Å². The summed E-state index contributed by atoms with van der Waals surface area (Å²) in [7, 11) is 0. The van der Waals surface area contributed by atoms with Gasteiger partial charge in [0.05, 0.1) is 0 Å². The van der Waals surface area contributed by atoms with Crippen molar-refractivity contribution in [3.05, 3.63) is 34.3 Å². The van der Waals surface area contributed by atoms with Crippen LogP contribution in [0.4, 0.5) is 4.79 Å². The molecule has 1 aromatic rings.